The van der Waals surface area contributed by atoms with Crippen LogP contribution in [0.2, 0.25) is 5.02 Å². The summed E-state index contributed by atoms with van der Waals surface area (Å²) in [6, 6.07) is 5.46. The SMILES string of the molecule is O=C(CCC1CCCNC1)Nc1ccc(Br)cc1Cl. The molecule has 2 rings (SSSR count). The number of rotatable bonds is 4. The van der Waals surface area contributed by atoms with Gasteiger partial charge in [0.15, 0.2) is 0 Å². The number of amides is 1. The Morgan fingerprint density at radius 2 is 2.37 bits per heavy atom. The van der Waals surface area contributed by atoms with Gasteiger partial charge in [0.2, 0.25) is 5.91 Å². The minimum absolute atomic E-state index is 0.0368. The lowest BCUT2D eigenvalue weighted by molar-refractivity contribution is -0.116. The number of nitrogens with one attached hydrogen (secondary N) is 2. The summed E-state index contributed by atoms with van der Waals surface area (Å²) in [7, 11) is 0. The Morgan fingerprint density at radius 1 is 1.53 bits per heavy atom. The van der Waals surface area contributed by atoms with Crippen LogP contribution in [0.25, 0.3) is 0 Å². The summed E-state index contributed by atoms with van der Waals surface area (Å²) in [5, 5.41) is 6.79. The van der Waals surface area contributed by atoms with Gasteiger partial charge >= 0.3 is 0 Å². The first-order chi connectivity index (χ1) is 9.15. The molecule has 1 aliphatic heterocycles. The van der Waals surface area contributed by atoms with Crippen LogP contribution < -0.4 is 10.6 Å². The maximum absolute atomic E-state index is 11.9. The molecule has 0 radical (unpaired) electrons. The van der Waals surface area contributed by atoms with Gasteiger partial charge in [0.1, 0.15) is 0 Å². The van der Waals surface area contributed by atoms with Crippen LogP contribution in [-0.2, 0) is 4.79 Å². The van der Waals surface area contributed by atoms with Gasteiger partial charge in [-0.1, -0.05) is 27.5 Å². The normalized spacial score (nSPS) is 19.2. The van der Waals surface area contributed by atoms with Gasteiger partial charge in [-0.25, -0.2) is 0 Å². The molecule has 0 aromatic heterocycles. The van der Waals surface area contributed by atoms with Gasteiger partial charge < -0.3 is 10.6 Å². The van der Waals surface area contributed by atoms with Crippen molar-refractivity contribution in [1.82, 2.24) is 5.32 Å². The monoisotopic (exact) mass is 344 g/mol. The van der Waals surface area contributed by atoms with Gasteiger partial charge in [0, 0.05) is 10.9 Å². The Balaban J connectivity index is 1.80. The van der Waals surface area contributed by atoms with E-state index in [0.29, 0.717) is 23.0 Å². The number of carbonyl (C=O) groups excluding carboxylic acids is 1. The zero-order valence-corrected chi connectivity index (χ0v) is 13.1. The highest BCUT2D eigenvalue weighted by atomic mass is 79.9. The number of piperidine rings is 1. The van der Waals surface area contributed by atoms with Crippen molar-refractivity contribution in [2.75, 3.05) is 18.4 Å². The molecular formula is C14H18BrClN2O. The van der Waals surface area contributed by atoms with Crippen LogP contribution in [0.1, 0.15) is 25.7 Å². The fraction of sp³-hybridized carbons (Fsp3) is 0.500. The number of anilines is 1. The molecule has 1 aliphatic rings. The van der Waals surface area contributed by atoms with Crippen molar-refractivity contribution < 1.29 is 4.79 Å². The fourth-order valence-corrected chi connectivity index (χ4v) is 3.03. The van der Waals surface area contributed by atoms with E-state index in [4.69, 9.17) is 11.6 Å². The van der Waals surface area contributed by atoms with Crippen LogP contribution in [0, 0.1) is 5.92 Å². The molecule has 0 saturated carbocycles. The first-order valence-corrected chi connectivity index (χ1v) is 7.78. The molecule has 104 valence electrons. The lowest BCUT2D eigenvalue weighted by Gasteiger charge is -2.22. The van der Waals surface area contributed by atoms with Crippen molar-refractivity contribution in [3.05, 3.63) is 27.7 Å². The lowest BCUT2D eigenvalue weighted by atomic mass is 9.94. The second-order valence-electron chi connectivity index (χ2n) is 4.92. The van der Waals surface area contributed by atoms with Crippen LogP contribution in [0.3, 0.4) is 0 Å². The van der Waals surface area contributed by atoms with E-state index in [0.717, 1.165) is 24.0 Å². The van der Waals surface area contributed by atoms with Gasteiger partial charge in [-0.15, -0.1) is 0 Å². The summed E-state index contributed by atoms with van der Waals surface area (Å²) in [5.41, 5.74) is 0.677. The molecule has 0 aliphatic carbocycles. The molecule has 0 bridgehead atoms. The lowest BCUT2D eigenvalue weighted by Crippen LogP contribution is -2.30. The van der Waals surface area contributed by atoms with Gasteiger partial charge in [-0.3, -0.25) is 4.79 Å². The molecule has 1 saturated heterocycles. The zero-order chi connectivity index (χ0) is 13.7. The van der Waals surface area contributed by atoms with E-state index < -0.39 is 0 Å². The molecule has 2 N–H and O–H groups in total. The van der Waals surface area contributed by atoms with Gasteiger partial charge in [0.05, 0.1) is 10.7 Å². The smallest absolute Gasteiger partial charge is 0.224 e. The summed E-state index contributed by atoms with van der Waals surface area (Å²) in [6.45, 7) is 2.14. The largest absolute Gasteiger partial charge is 0.325 e. The third-order valence-corrected chi connectivity index (χ3v) is 4.19. The second-order valence-corrected chi connectivity index (χ2v) is 6.25. The minimum Gasteiger partial charge on any atom is -0.325 e. The molecule has 1 atom stereocenters. The standard InChI is InChI=1S/C14H18BrClN2O/c15-11-4-5-13(12(16)8-11)18-14(19)6-3-10-2-1-7-17-9-10/h4-5,8,10,17H,1-3,6-7,9H2,(H,18,19). The number of benzene rings is 1. The highest BCUT2D eigenvalue weighted by molar-refractivity contribution is 9.10. The Hall–Kier alpha value is -0.580. The van der Waals surface area contributed by atoms with Gasteiger partial charge in [0.25, 0.3) is 0 Å². The molecule has 3 nitrogen and oxygen atoms in total. The van der Waals surface area contributed by atoms with Crippen molar-refractivity contribution in [2.45, 2.75) is 25.7 Å². The maximum Gasteiger partial charge on any atom is 0.224 e. The highest BCUT2D eigenvalue weighted by Crippen LogP contribution is 2.26. The average Bonchev–Trinajstić information content (AvgIpc) is 2.41. The van der Waals surface area contributed by atoms with E-state index in [1.807, 2.05) is 12.1 Å². The topological polar surface area (TPSA) is 41.1 Å². The summed E-state index contributed by atoms with van der Waals surface area (Å²) in [5.74, 6) is 0.662. The maximum atomic E-state index is 11.9. The quantitative estimate of drug-likeness (QED) is 0.871. The molecule has 1 aromatic rings. The van der Waals surface area contributed by atoms with E-state index in [-0.39, 0.29) is 5.91 Å². The minimum atomic E-state index is 0.0368. The Bertz CT molecular complexity index is 447. The van der Waals surface area contributed by atoms with Crippen LogP contribution in [0.5, 0.6) is 0 Å². The first-order valence-electron chi connectivity index (χ1n) is 6.61. The molecule has 1 unspecified atom stereocenters. The van der Waals surface area contributed by atoms with Crippen molar-refractivity contribution in [1.29, 1.82) is 0 Å². The number of carbonyl (C=O) groups is 1. The van der Waals surface area contributed by atoms with Crippen LogP contribution >= 0.6 is 27.5 Å². The van der Waals surface area contributed by atoms with E-state index in [1.165, 1.54) is 12.8 Å². The number of halogens is 2. The summed E-state index contributed by atoms with van der Waals surface area (Å²) in [4.78, 5) is 11.9. The van der Waals surface area contributed by atoms with Crippen molar-refractivity contribution in [3.63, 3.8) is 0 Å². The Labute approximate surface area is 127 Å². The highest BCUT2D eigenvalue weighted by Gasteiger charge is 2.14. The molecule has 1 fully saturated rings. The summed E-state index contributed by atoms with van der Waals surface area (Å²) >= 11 is 9.41. The first kappa shape index (κ1) is 14.8. The summed E-state index contributed by atoms with van der Waals surface area (Å²) in [6.07, 6.45) is 3.93. The molecule has 0 spiro atoms. The van der Waals surface area contributed by atoms with Crippen molar-refractivity contribution >= 4 is 39.1 Å². The number of hydrogen-bond donors (Lipinski definition) is 2. The van der Waals surface area contributed by atoms with Crippen LogP contribution in [-0.4, -0.2) is 19.0 Å². The predicted molar refractivity (Wildman–Crippen MR) is 82.6 cm³/mol. The Morgan fingerprint density at radius 3 is 3.05 bits per heavy atom. The predicted octanol–water partition coefficient (Wildman–Crippen LogP) is 3.82. The molecule has 5 heteroatoms. The fourth-order valence-electron chi connectivity index (χ4n) is 2.31. The van der Waals surface area contributed by atoms with E-state index in [9.17, 15) is 4.79 Å². The summed E-state index contributed by atoms with van der Waals surface area (Å²) < 4.78 is 0.906. The van der Waals surface area contributed by atoms with Crippen molar-refractivity contribution in [2.24, 2.45) is 5.92 Å². The van der Waals surface area contributed by atoms with Gasteiger partial charge in [-0.2, -0.15) is 0 Å². The molecule has 1 amide bonds. The van der Waals surface area contributed by atoms with E-state index >= 15 is 0 Å². The third-order valence-electron chi connectivity index (χ3n) is 3.38. The Kier molecular flexibility index (Phi) is 5.67. The molecule has 19 heavy (non-hydrogen) atoms. The van der Waals surface area contributed by atoms with Crippen LogP contribution in [0.15, 0.2) is 22.7 Å². The van der Waals surface area contributed by atoms with E-state index in [1.54, 1.807) is 6.07 Å². The third kappa shape index (κ3) is 4.79. The molecule has 1 heterocycles. The van der Waals surface area contributed by atoms with Crippen LogP contribution in [0.4, 0.5) is 5.69 Å². The van der Waals surface area contributed by atoms with Gasteiger partial charge in [-0.05, 0) is 56.5 Å². The molecule has 1 aromatic carbocycles. The molecular weight excluding hydrogens is 328 g/mol. The average molecular weight is 346 g/mol. The number of hydrogen-bond acceptors (Lipinski definition) is 2. The zero-order valence-electron chi connectivity index (χ0n) is 10.7. The second kappa shape index (κ2) is 7.27. The van der Waals surface area contributed by atoms with Crippen molar-refractivity contribution in [3.8, 4) is 0 Å². The van der Waals surface area contributed by atoms with E-state index in [2.05, 4.69) is 26.6 Å².